The van der Waals surface area contributed by atoms with E-state index < -0.39 is 5.97 Å². The monoisotopic (exact) mass is 369 g/mol. The molecular formula is C15H16BrNO3S. The number of hydrogen-bond donors (Lipinski definition) is 1. The molecule has 0 saturated carbocycles. The van der Waals surface area contributed by atoms with Crippen molar-refractivity contribution in [3.8, 4) is 5.75 Å². The van der Waals surface area contributed by atoms with Gasteiger partial charge in [-0.2, -0.15) is 0 Å². The number of ether oxygens (including phenoxy) is 1. The number of nitrogens with zero attached hydrogens (tertiary/aromatic N) is 1. The van der Waals surface area contributed by atoms with E-state index in [-0.39, 0.29) is 5.56 Å². The zero-order valence-electron chi connectivity index (χ0n) is 11.8. The van der Waals surface area contributed by atoms with E-state index in [0.29, 0.717) is 5.75 Å². The van der Waals surface area contributed by atoms with Gasteiger partial charge in [0, 0.05) is 13.1 Å². The van der Waals surface area contributed by atoms with Crippen molar-refractivity contribution in [1.29, 1.82) is 0 Å². The molecular weight excluding hydrogens is 354 g/mol. The Kier molecular flexibility index (Phi) is 5.39. The van der Waals surface area contributed by atoms with Gasteiger partial charge >= 0.3 is 5.97 Å². The summed E-state index contributed by atoms with van der Waals surface area (Å²) < 4.78 is 6.27. The molecule has 0 spiro atoms. The van der Waals surface area contributed by atoms with Crippen LogP contribution < -0.4 is 4.74 Å². The van der Waals surface area contributed by atoms with Crippen molar-refractivity contribution in [3.63, 3.8) is 0 Å². The Labute approximate surface area is 136 Å². The van der Waals surface area contributed by atoms with Gasteiger partial charge in [-0.1, -0.05) is 6.07 Å². The summed E-state index contributed by atoms with van der Waals surface area (Å²) in [6, 6.07) is 7.30. The normalized spacial score (nSPS) is 10.9. The van der Waals surface area contributed by atoms with Gasteiger partial charge in [0.1, 0.15) is 11.3 Å². The number of rotatable bonds is 6. The third-order valence-electron chi connectivity index (χ3n) is 3.02. The Morgan fingerprint density at radius 3 is 2.62 bits per heavy atom. The Balaban J connectivity index is 2.06. The third kappa shape index (κ3) is 4.30. The van der Waals surface area contributed by atoms with Gasteiger partial charge in [-0.3, -0.25) is 4.90 Å². The van der Waals surface area contributed by atoms with Crippen molar-refractivity contribution < 1.29 is 14.6 Å². The third-order valence-corrected chi connectivity index (χ3v) is 4.58. The SMILES string of the molecule is COc1cc(CN(C)Cc2csc(Br)c2)ccc1C(=O)O. The smallest absolute Gasteiger partial charge is 0.339 e. The first-order valence-electron chi connectivity index (χ1n) is 6.31. The quantitative estimate of drug-likeness (QED) is 0.839. The first-order chi connectivity index (χ1) is 9.99. The minimum Gasteiger partial charge on any atom is -0.496 e. The number of hydrogen-bond acceptors (Lipinski definition) is 4. The van der Waals surface area contributed by atoms with Crippen LogP contribution >= 0.6 is 27.3 Å². The molecule has 0 radical (unpaired) electrons. The van der Waals surface area contributed by atoms with Crippen LogP contribution in [0.1, 0.15) is 21.5 Å². The molecule has 0 atom stereocenters. The average Bonchev–Trinajstić information content (AvgIpc) is 2.83. The van der Waals surface area contributed by atoms with Crippen LogP contribution in [0, 0.1) is 0 Å². The molecule has 2 aromatic rings. The van der Waals surface area contributed by atoms with E-state index in [1.165, 1.54) is 12.7 Å². The maximum absolute atomic E-state index is 11.1. The van der Waals surface area contributed by atoms with E-state index in [9.17, 15) is 4.79 Å². The van der Waals surface area contributed by atoms with Gasteiger partial charge in [-0.25, -0.2) is 4.79 Å². The van der Waals surface area contributed by atoms with E-state index in [4.69, 9.17) is 9.84 Å². The zero-order valence-corrected chi connectivity index (χ0v) is 14.2. The van der Waals surface area contributed by atoms with Gasteiger partial charge in [0.15, 0.2) is 0 Å². The Bertz CT molecular complexity index is 642. The minimum atomic E-state index is -0.977. The van der Waals surface area contributed by atoms with Gasteiger partial charge in [0.2, 0.25) is 0 Å². The van der Waals surface area contributed by atoms with E-state index in [0.717, 1.165) is 22.4 Å². The number of aromatic carboxylic acids is 1. The summed E-state index contributed by atoms with van der Waals surface area (Å²) in [5.41, 5.74) is 2.46. The fraction of sp³-hybridized carbons (Fsp3) is 0.267. The highest BCUT2D eigenvalue weighted by Crippen LogP contribution is 2.23. The van der Waals surface area contributed by atoms with Crippen molar-refractivity contribution in [2.45, 2.75) is 13.1 Å². The number of carboxylic acid groups (broad SMARTS) is 1. The fourth-order valence-electron chi connectivity index (χ4n) is 2.12. The molecule has 6 heteroatoms. The van der Waals surface area contributed by atoms with Crippen molar-refractivity contribution in [3.05, 3.63) is 50.1 Å². The molecule has 1 N–H and O–H groups in total. The van der Waals surface area contributed by atoms with Crippen molar-refractivity contribution in [2.75, 3.05) is 14.2 Å². The first-order valence-corrected chi connectivity index (χ1v) is 7.98. The predicted octanol–water partition coefficient (Wildman–Crippen LogP) is 3.85. The Morgan fingerprint density at radius 1 is 1.33 bits per heavy atom. The van der Waals surface area contributed by atoms with Crippen LogP contribution in [0.4, 0.5) is 0 Å². The van der Waals surface area contributed by atoms with Crippen molar-refractivity contribution >= 4 is 33.2 Å². The summed E-state index contributed by atoms with van der Waals surface area (Å²) in [6.45, 7) is 1.56. The highest BCUT2D eigenvalue weighted by atomic mass is 79.9. The molecule has 1 heterocycles. The van der Waals surface area contributed by atoms with Crippen LogP contribution in [0.2, 0.25) is 0 Å². The molecule has 1 aromatic carbocycles. The van der Waals surface area contributed by atoms with Crippen LogP contribution in [0.3, 0.4) is 0 Å². The first kappa shape index (κ1) is 16.0. The number of carboxylic acids is 1. The lowest BCUT2D eigenvalue weighted by Gasteiger charge is -2.17. The number of benzene rings is 1. The van der Waals surface area contributed by atoms with Gasteiger partial charge in [0.25, 0.3) is 0 Å². The van der Waals surface area contributed by atoms with E-state index in [1.54, 1.807) is 23.5 Å². The molecule has 0 bridgehead atoms. The van der Waals surface area contributed by atoms with Crippen molar-refractivity contribution in [1.82, 2.24) is 4.90 Å². The molecule has 0 amide bonds. The van der Waals surface area contributed by atoms with Gasteiger partial charge < -0.3 is 9.84 Å². The lowest BCUT2D eigenvalue weighted by Crippen LogP contribution is -2.17. The van der Waals surface area contributed by atoms with Crippen LogP contribution in [0.15, 0.2) is 33.4 Å². The van der Waals surface area contributed by atoms with Crippen LogP contribution in [0.5, 0.6) is 5.75 Å². The highest BCUT2D eigenvalue weighted by molar-refractivity contribution is 9.11. The molecule has 2 rings (SSSR count). The topological polar surface area (TPSA) is 49.8 Å². The molecule has 21 heavy (non-hydrogen) atoms. The van der Waals surface area contributed by atoms with Crippen LogP contribution in [-0.4, -0.2) is 30.1 Å². The summed E-state index contributed by atoms with van der Waals surface area (Å²) in [6.07, 6.45) is 0. The summed E-state index contributed by atoms with van der Waals surface area (Å²) >= 11 is 5.13. The molecule has 0 aliphatic heterocycles. The lowest BCUT2D eigenvalue weighted by molar-refractivity contribution is 0.0693. The molecule has 0 fully saturated rings. The van der Waals surface area contributed by atoms with Gasteiger partial charge in [-0.15, -0.1) is 11.3 Å². The predicted molar refractivity (Wildman–Crippen MR) is 87.1 cm³/mol. The average molecular weight is 370 g/mol. The second kappa shape index (κ2) is 7.06. The standard InChI is InChI=1S/C15H16BrNO3S/c1-17(8-11-6-14(16)21-9-11)7-10-3-4-12(15(18)19)13(5-10)20-2/h3-6,9H,7-8H2,1-2H3,(H,18,19). The summed E-state index contributed by atoms with van der Waals surface area (Å²) in [5, 5.41) is 11.2. The van der Waals surface area contributed by atoms with Crippen LogP contribution in [-0.2, 0) is 13.1 Å². The van der Waals surface area contributed by atoms with Gasteiger partial charge in [0.05, 0.1) is 10.9 Å². The second-order valence-electron chi connectivity index (χ2n) is 4.77. The second-order valence-corrected chi connectivity index (χ2v) is 7.06. The number of carbonyl (C=O) groups is 1. The van der Waals surface area contributed by atoms with E-state index in [1.807, 2.05) is 13.1 Å². The maximum atomic E-state index is 11.1. The summed E-state index contributed by atoms with van der Waals surface area (Å²) in [4.78, 5) is 13.2. The summed E-state index contributed by atoms with van der Waals surface area (Å²) in [7, 11) is 3.52. The Morgan fingerprint density at radius 2 is 2.05 bits per heavy atom. The van der Waals surface area contributed by atoms with E-state index >= 15 is 0 Å². The molecule has 1 aromatic heterocycles. The molecule has 0 saturated heterocycles. The zero-order chi connectivity index (χ0) is 15.4. The minimum absolute atomic E-state index is 0.186. The molecule has 0 aliphatic carbocycles. The van der Waals surface area contributed by atoms with Gasteiger partial charge in [-0.05, 0) is 57.7 Å². The lowest BCUT2D eigenvalue weighted by atomic mass is 10.1. The number of thiophene rings is 1. The fourth-order valence-corrected chi connectivity index (χ4v) is 3.32. The number of methoxy groups -OCH3 is 1. The highest BCUT2D eigenvalue weighted by Gasteiger charge is 2.12. The van der Waals surface area contributed by atoms with Crippen molar-refractivity contribution in [2.24, 2.45) is 0 Å². The molecule has 0 unspecified atom stereocenters. The maximum Gasteiger partial charge on any atom is 0.339 e. The molecule has 112 valence electrons. The summed E-state index contributed by atoms with van der Waals surface area (Å²) in [5.74, 6) is -0.582. The largest absolute Gasteiger partial charge is 0.496 e. The van der Waals surface area contributed by atoms with E-state index in [2.05, 4.69) is 32.3 Å². The van der Waals surface area contributed by atoms with Crippen LogP contribution in [0.25, 0.3) is 0 Å². The molecule has 0 aliphatic rings. The Hall–Kier alpha value is -1.37. The molecule has 4 nitrogen and oxygen atoms in total. The number of halogens is 1.